The Labute approximate surface area is 135 Å². The number of ether oxygens (including phenoxy) is 1. The van der Waals surface area contributed by atoms with Crippen molar-refractivity contribution in [1.29, 1.82) is 5.26 Å². The second-order valence-corrected chi connectivity index (χ2v) is 6.17. The van der Waals surface area contributed by atoms with Crippen LogP contribution in [0.3, 0.4) is 0 Å². The van der Waals surface area contributed by atoms with Crippen molar-refractivity contribution in [3.63, 3.8) is 0 Å². The lowest BCUT2D eigenvalue weighted by molar-refractivity contribution is 0.378. The Hall–Kier alpha value is -2.74. The Morgan fingerprint density at radius 2 is 1.74 bits per heavy atom. The smallest absolute Gasteiger partial charge is 0.244 e. The number of nitriles is 1. The van der Waals surface area contributed by atoms with Crippen LogP contribution in [0.4, 0.5) is 0 Å². The molecule has 5 heteroatoms. The van der Waals surface area contributed by atoms with Gasteiger partial charge in [0.15, 0.2) is 0 Å². The molecule has 3 N–H and O–H groups in total. The van der Waals surface area contributed by atoms with E-state index in [1.165, 1.54) is 22.3 Å². The zero-order chi connectivity index (χ0) is 16.9. The minimum Gasteiger partial charge on any atom is -0.420 e. The van der Waals surface area contributed by atoms with Gasteiger partial charge in [-0.1, -0.05) is 6.07 Å². The molecule has 1 aromatic carbocycles. The first kappa shape index (κ1) is 15.2. The number of aromatic amines is 1. The van der Waals surface area contributed by atoms with Crippen LogP contribution in [0.25, 0.3) is 0 Å². The number of hydrogen-bond acceptors (Lipinski definition) is 4. The highest BCUT2D eigenvalue weighted by Crippen LogP contribution is 2.45. The molecule has 0 spiro atoms. The van der Waals surface area contributed by atoms with Crippen molar-refractivity contribution in [3.05, 3.63) is 56.6 Å². The number of aromatic nitrogens is 2. The van der Waals surface area contributed by atoms with E-state index in [2.05, 4.69) is 50.0 Å². The summed E-state index contributed by atoms with van der Waals surface area (Å²) >= 11 is 0. The fourth-order valence-corrected chi connectivity index (χ4v) is 3.37. The first-order valence-corrected chi connectivity index (χ1v) is 7.56. The summed E-state index contributed by atoms with van der Waals surface area (Å²) in [6, 6.07) is 4.42. The van der Waals surface area contributed by atoms with Gasteiger partial charge in [0.1, 0.15) is 11.6 Å². The molecule has 1 atom stereocenters. The minimum atomic E-state index is -0.249. The van der Waals surface area contributed by atoms with Crippen LogP contribution >= 0.6 is 0 Å². The van der Waals surface area contributed by atoms with Crippen molar-refractivity contribution >= 4 is 0 Å². The van der Waals surface area contributed by atoms with Gasteiger partial charge in [0.25, 0.3) is 0 Å². The molecule has 0 aliphatic carbocycles. The Morgan fingerprint density at radius 3 is 2.30 bits per heavy atom. The van der Waals surface area contributed by atoms with Gasteiger partial charge in [0, 0.05) is 11.3 Å². The average molecular weight is 308 g/mol. The number of nitrogens with two attached hydrogens (primary N) is 1. The summed E-state index contributed by atoms with van der Waals surface area (Å²) in [6.45, 7) is 10.3. The number of nitrogens with one attached hydrogen (secondary N) is 1. The summed E-state index contributed by atoms with van der Waals surface area (Å²) in [4.78, 5) is 0. The lowest BCUT2D eigenvalue weighted by Crippen LogP contribution is -2.22. The number of rotatable bonds is 1. The normalized spacial score (nSPS) is 16.8. The van der Waals surface area contributed by atoms with Gasteiger partial charge in [0.2, 0.25) is 11.8 Å². The molecule has 2 aromatic rings. The Morgan fingerprint density at radius 1 is 1.13 bits per heavy atom. The predicted octanol–water partition coefficient (Wildman–Crippen LogP) is 3.17. The predicted molar refractivity (Wildman–Crippen MR) is 88.0 cm³/mol. The molecule has 2 heterocycles. The van der Waals surface area contributed by atoms with Crippen molar-refractivity contribution in [2.45, 2.75) is 40.5 Å². The quantitative estimate of drug-likeness (QED) is 0.847. The Kier molecular flexibility index (Phi) is 3.41. The molecule has 1 aromatic heterocycles. The number of benzene rings is 1. The molecule has 118 valence electrons. The highest BCUT2D eigenvalue weighted by Gasteiger charge is 2.36. The number of aryl methyl sites for hydroxylation is 3. The SMILES string of the molecule is Cc1cc(C)c(C)c([C@H]2C(C#N)=C(N)Oc3n[nH]c(C)c32)c1C. The molecule has 0 unspecified atom stereocenters. The van der Waals surface area contributed by atoms with Crippen molar-refractivity contribution in [2.24, 2.45) is 5.73 Å². The summed E-state index contributed by atoms with van der Waals surface area (Å²) in [5, 5.41) is 16.8. The van der Waals surface area contributed by atoms with Crippen LogP contribution in [0, 0.1) is 45.9 Å². The van der Waals surface area contributed by atoms with Gasteiger partial charge in [-0.2, -0.15) is 5.26 Å². The van der Waals surface area contributed by atoms with Crippen molar-refractivity contribution in [2.75, 3.05) is 0 Å². The number of hydrogen-bond donors (Lipinski definition) is 2. The topological polar surface area (TPSA) is 87.7 Å². The van der Waals surface area contributed by atoms with Gasteiger partial charge < -0.3 is 10.5 Å². The molecule has 0 fully saturated rings. The van der Waals surface area contributed by atoms with E-state index >= 15 is 0 Å². The standard InChI is InChI=1S/C18H20N4O/c1-8-6-9(2)11(4)14(10(8)3)16-13(7-19)17(20)23-18-15(16)12(5)21-22-18/h6,16H,20H2,1-5H3,(H,21,22)/t16-/m1/s1. The molecule has 0 saturated carbocycles. The zero-order valence-electron chi connectivity index (χ0n) is 14.0. The minimum absolute atomic E-state index is 0.134. The van der Waals surface area contributed by atoms with Crippen LogP contribution in [-0.2, 0) is 0 Å². The molecule has 3 rings (SSSR count). The third kappa shape index (κ3) is 2.10. The molecular formula is C18H20N4O. The number of nitrogens with zero attached hydrogens (tertiary/aromatic N) is 2. The summed E-state index contributed by atoms with van der Waals surface area (Å²) in [6.07, 6.45) is 0. The second-order valence-electron chi connectivity index (χ2n) is 6.17. The summed E-state index contributed by atoms with van der Waals surface area (Å²) in [5.41, 5.74) is 14.1. The maximum Gasteiger partial charge on any atom is 0.244 e. The molecule has 0 amide bonds. The van der Waals surface area contributed by atoms with Crippen molar-refractivity contribution in [1.82, 2.24) is 10.2 Å². The lowest BCUT2D eigenvalue weighted by atomic mass is 9.78. The van der Waals surface area contributed by atoms with Crippen LogP contribution in [0.15, 0.2) is 17.5 Å². The van der Waals surface area contributed by atoms with Crippen molar-refractivity contribution in [3.8, 4) is 11.9 Å². The van der Waals surface area contributed by atoms with E-state index in [-0.39, 0.29) is 11.8 Å². The maximum atomic E-state index is 9.67. The average Bonchev–Trinajstić information content (AvgIpc) is 2.86. The summed E-state index contributed by atoms with van der Waals surface area (Å²) in [5.74, 6) is 0.345. The van der Waals surface area contributed by atoms with E-state index in [1.807, 2.05) is 6.92 Å². The molecular weight excluding hydrogens is 288 g/mol. The number of allylic oxidation sites excluding steroid dienone is 1. The largest absolute Gasteiger partial charge is 0.420 e. The van der Waals surface area contributed by atoms with Crippen LogP contribution in [0.5, 0.6) is 5.88 Å². The van der Waals surface area contributed by atoms with Crippen LogP contribution in [0.1, 0.15) is 45.0 Å². The summed E-state index contributed by atoms with van der Waals surface area (Å²) in [7, 11) is 0. The lowest BCUT2D eigenvalue weighted by Gasteiger charge is -2.27. The van der Waals surface area contributed by atoms with E-state index in [9.17, 15) is 5.26 Å². The second kappa shape index (κ2) is 5.17. The third-order valence-corrected chi connectivity index (χ3v) is 4.84. The summed E-state index contributed by atoms with van der Waals surface area (Å²) < 4.78 is 5.54. The first-order valence-electron chi connectivity index (χ1n) is 7.56. The fourth-order valence-electron chi connectivity index (χ4n) is 3.37. The van der Waals surface area contributed by atoms with Crippen LogP contribution < -0.4 is 10.5 Å². The highest BCUT2D eigenvalue weighted by atomic mass is 16.5. The zero-order valence-corrected chi connectivity index (χ0v) is 14.0. The fraction of sp³-hybridized carbons (Fsp3) is 0.333. The molecule has 0 bridgehead atoms. The van der Waals surface area contributed by atoms with Crippen molar-refractivity contribution < 1.29 is 4.74 Å². The van der Waals surface area contributed by atoms with E-state index in [0.29, 0.717) is 11.5 Å². The molecule has 23 heavy (non-hydrogen) atoms. The van der Waals surface area contributed by atoms with Crippen LogP contribution in [-0.4, -0.2) is 10.2 Å². The molecule has 0 saturated heterocycles. The molecule has 1 aliphatic heterocycles. The van der Waals surface area contributed by atoms with Gasteiger partial charge >= 0.3 is 0 Å². The first-order chi connectivity index (χ1) is 10.9. The van der Waals surface area contributed by atoms with E-state index in [1.54, 1.807) is 0 Å². The van der Waals surface area contributed by atoms with Gasteiger partial charge in [-0.3, -0.25) is 5.10 Å². The maximum absolute atomic E-state index is 9.67. The van der Waals surface area contributed by atoms with E-state index in [4.69, 9.17) is 10.5 Å². The van der Waals surface area contributed by atoms with Gasteiger partial charge in [-0.05, 0) is 62.4 Å². The van der Waals surface area contributed by atoms with Crippen LogP contribution in [0.2, 0.25) is 0 Å². The van der Waals surface area contributed by atoms with E-state index < -0.39 is 0 Å². The monoisotopic (exact) mass is 308 g/mol. The Balaban J connectivity index is 2.39. The number of H-pyrrole nitrogens is 1. The molecule has 5 nitrogen and oxygen atoms in total. The molecule has 0 radical (unpaired) electrons. The Bertz CT molecular complexity index is 857. The number of fused-ring (bicyclic) bond motifs is 1. The van der Waals surface area contributed by atoms with E-state index in [0.717, 1.165) is 16.8 Å². The van der Waals surface area contributed by atoms with Gasteiger partial charge in [-0.25, -0.2) is 0 Å². The van der Waals surface area contributed by atoms with Gasteiger partial charge in [0.05, 0.1) is 5.92 Å². The highest BCUT2D eigenvalue weighted by molar-refractivity contribution is 5.60. The molecule has 1 aliphatic rings. The third-order valence-electron chi connectivity index (χ3n) is 4.84. The van der Waals surface area contributed by atoms with Gasteiger partial charge in [-0.15, -0.1) is 5.10 Å².